The van der Waals surface area contributed by atoms with E-state index < -0.39 is 0 Å². The molecule has 0 atom stereocenters. The van der Waals surface area contributed by atoms with E-state index in [9.17, 15) is 0 Å². The zero-order valence-corrected chi connectivity index (χ0v) is 31.4. The van der Waals surface area contributed by atoms with Crippen molar-refractivity contribution in [2.24, 2.45) is 0 Å². The van der Waals surface area contributed by atoms with Crippen LogP contribution in [0.15, 0.2) is 146 Å². The third-order valence-corrected chi connectivity index (χ3v) is 13.4. The van der Waals surface area contributed by atoms with Crippen molar-refractivity contribution in [3.8, 4) is 55.6 Å². The molecule has 0 N–H and O–H groups in total. The van der Waals surface area contributed by atoms with Crippen molar-refractivity contribution in [1.29, 1.82) is 0 Å². The van der Waals surface area contributed by atoms with Gasteiger partial charge in [0.1, 0.15) is 0 Å². The van der Waals surface area contributed by atoms with Gasteiger partial charge >= 0.3 is 0 Å². The molecule has 11 rings (SSSR count). The SMILES string of the molecule is CC1(C)c2cc3c(cc2-c2c1cc(-c1ccccc1)c1ccccc21)C(C)(C)c1c-3ccc2c1C(C)(C)c1cc(-c3ccccc3)c3ccccc3c1-2. The summed E-state index contributed by atoms with van der Waals surface area (Å²) in [5.74, 6) is 0. The molecule has 3 aliphatic rings. The Labute approximate surface area is 312 Å². The maximum absolute atomic E-state index is 2.59. The molecule has 8 aromatic rings. The highest BCUT2D eigenvalue weighted by Gasteiger charge is 2.48. The second-order valence-corrected chi connectivity index (χ2v) is 17.2. The van der Waals surface area contributed by atoms with Crippen LogP contribution in [0.5, 0.6) is 0 Å². The first-order valence-electron chi connectivity index (χ1n) is 19.2. The molecule has 0 heterocycles. The van der Waals surface area contributed by atoms with E-state index in [1.165, 1.54) is 111 Å². The van der Waals surface area contributed by atoms with E-state index in [1.807, 2.05) is 0 Å². The highest BCUT2D eigenvalue weighted by atomic mass is 14.5. The van der Waals surface area contributed by atoms with Crippen molar-refractivity contribution < 1.29 is 0 Å². The summed E-state index contributed by atoms with van der Waals surface area (Å²) in [5, 5.41) is 5.35. The quantitative estimate of drug-likeness (QED) is 0.171. The highest BCUT2D eigenvalue weighted by Crippen LogP contribution is 2.63. The number of hydrogen-bond donors (Lipinski definition) is 0. The molecule has 3 aliphatic carbocycles. The molecule has 0 nitrogen and oxygen atoms in total. The monoisotopic (exact) mass is 678 g/mol. The van der Waals surface area contributed by atoms with Crippen LogP contribution in [0.1, 0.15) is 74.9 Å². The molecule has 0 saturated carbocycles. The summed E-state index contributed by atoms with van der Waals surface area (Å²) in [4.78, 5) is 0. The molecule has 0 aliphatic heterocycles. The van der Waals surface area contributed by atoms with Gasteiger partial charge in [-0.05, 0) is 135 Å². The third kappa shape index (κ3) is 3.86. The second kappa shape index (κ2) is 10.2. The van der Waals surface area contributed by atoms with Crippen LogP contribution in [0.25, 0.3) is 77.2 Å². The molecule has 0 bridgehead atoms. The highest BCUT2D eigenvalue weighted by molar-refractivity contribution is 6.11. The molecule has 53 heavy (non-hydrogen) atoms. The van der Waals surface area contributed by atoms with E-state index >= 15 is 0 Å². The summed E-state index contributed by atoms with van der Waals surface area (Å²) in [6.07, 6.45) is 0. The molecule has 0 amide bonds. The maximum atomic E-state index is 2.59. The van der Waals surface area contributed by atoms with Crippen molar-refractivity contribution in [3.63, 3.8) is 0 Å². The Kier molecular flexibility index (Phi) is 5.96. The fourth-order valence-electron chi connectivity index (χ4n) is 10.8. The summed E-state index contributed by atoms with van der Waals surface area (Å²) >= 11 is 0. The predicted octanol–water partition coefficient (Wildman–Crippen LogP) is 14.2. The zero-order chi connectivity index (χ0) is 36.0. The zero-order valence-electron chi connectivity index (χ0n) is 31.4. The van der Waals surface area contributed by atoms with Crippen LogP contribution in [-0.2, 0) is 16.2 Å². The van der Waals surface area contributed by atoms with Crippen molar-refractivity contribution >= 4 is 21.5 Å². The van der Waals surface area contributed by atoms with Gasteiger partial charge in [0, 0.05) is 16.2 Å². The van der Waals surface area contributed by atoms with Crippen molar-refractivity contribution in [3.05, 3.63) is 179 Å². The molecule has 254 valence electrons. The number of hydrogen-bond acceptors (Lipinski definition) is 0. The Morgan fingerprint density at radius 3 is 1.23 bits per heavy atom. The van der Waals surface area contributed by atoms with E-state index in [1.54, 1.807) is 0 Å². The van der Waals surface area contributed by atoms with Crippen molar-refractivity contribution in [1.82, 2.24) is 0 Å². The minimum Gasteiger partial charge on any atom is -0.0622 e. The largest absolute Gasteiger partial charge is 0.0622 e. The topological polar surface area (TPSA) is 0 Å². The van der Waals surface area contributed by atoms with Gasteiger partial charge in [-0.1, -0.05) is 163 Å². The lowest BCUT2D eigenvalue weighted by atomic mass is 9.72. The van der Waals surface area contributed by atoms with Gasteiger partial charge in [0.2, 0.25) is 0 Å². The molecule has 0 aromatic heterocycles. The summed E-state index contributed by atoms with van der Waals surface area (Å²) < 4.78 is 0. The number of rotatable bonds is 2. The van der Waals surface area contributed by atoms with E-state index in [4.69, 9.17) is 0 Å². The second-order valence-electron chi connectivity index (χ2n) is 17.2. The first-order chi connectivity index (χ1) is 25.6. The van der Waals surface area contributed by atoms with E-state index in [-0.39, 0.29) is 16.2 Å². The average molecular weight is 679 g/mol. The summed E-state index contributed by atoms with van der Waals surface area (Å²) in [5.41, 5.74) is 21.9. The van der Waals surface area contributed by atoms with Crippen LogP contribution in [0, 0.1) is 0 Å². The van der Waals surface area contributed by atoms with Crippen LogP contribution in [0.3, 0.4) is 0 Å². The van der Waals surface area contributed by atoms with Gasteiger partial charge in [0.15, 0.2) is 0 Å². The molecule has 0 heteroatoms. The number of fused-ring (bicyclic) bond motifs is 14. The Morgan fingerprint density at radius 2 is 0.660 bits per heavy atom. The van der Waals surface area contributed by atoms with Crippen LogP contribution in [-0.4, -0.2) is 0 Å². The Morgan fingerprint density at radius 1 is 0.283 bits per heavy atom. The normalized spacial score (nSPS) is 16.2. The standard InChI is InChI=1S/C53H42/c1-51(2)44-29-41-37-25-26-38-47-35-23-15-13-21-33(35)40(32-19-11-8-12-20-32)28-46(47)53(5,6)50(38)49(37)52(3,4)43(41)30-42(44)48-36-24-16-14-22-34(36)39(27-45(48)51)31-17-9-7-10-18-31/h7-30H,1-6H3. The summed E-state index contributed by atoms with van der Waals surface area (Å²) in [6, 6.07) is 55.1. The molecular formula is C53H42. The fraction of sp³-hybridized carbons (Fsp3) is 0.170. The molecule has 0 fully saturated rings. The van der Waals surface area contributed by atoms with Crippen LogP contribution < -0.4 is 0 Å². The first-order valence-corrected chi connectivity index (χ1v) is 19.2. The lowest BCUT2D eigenvalue weighted by Gasteiger charge is -2.31. The smallest absolute Gasteiger partial charge is 0.0162 e. The van der Waals surface area contributed by atoms with Gasteiger partial charge in [0.25, 0.3) is 0 Å². The predicted molar refractivity (Wildman–Crippen MR) is 225 cm³/mol. The van der Waals surface area contributed by atoms with Gasteiger partial charge in [-0.3, -0.25) is 0 Å². The van der Waals surface area contributed by atoms with Crippen LogP contribution in [0.2, 0.25) is 0 Å². The minimum absolute atomic E-state index is 0.140. The fourth-order valence-corrected chi connectivity index (χ4v) is 10.8. The van der Waals surface area contributed by atoms with Crippen LogP contribution >= 0.6 is 0 Å². The lowest BCUT2D eigenvalue weighted by molar-refractivity contribution is 0.601. The summed E-state index contributed by atoms with van der Waals surface area (Å²) in [7, 11) is 0. The lowest BCUT2D eigenvalue weighted by Crippen LogP contribution is -2.24. The van der Waals surface area contributed by atoms with Crippen molar-refractivity contribution in [2.45, 2.75) is 57.8 Å². The van der Waals surface area contributed by atoms with Crippen LogP contribution in [0.4, 0.5) is 0 Å². The Hall–Kier alpha value is -5.72. The minimum atomic E-state index is -0.172. The average Bonchev–Trinajstić information content (AvgIpc) is 3.66. The third-order valence-electron chi connectivity index (χ3n) is 13.4. The summed E-state index contributed by atoms with van der Waals surface area (Å²) in [6.45, 7) is 14.8. The van der Waals surface area contributed by atoms with E-state index in [0.29, 0.717) is 0 Å². The van der Waals surface area contributed by atoms with E-state index in [0.717, 1.165) is 0 Å². The van der Waals surface area contributed by atoms with E-state index in [2.05, 4.69) is 187 Å². The number of benzene rings is 8. The first kappa shape index (κ1) is 30.9. The molecule has 8 aromatic carbocycles. The van der Waals surface area contributed by atoms with Gasteiger partial charge in [0.05, 0.1) is 0 Å². The maximum Gasteiger partial charge on any atom is 0.0162 e. The van der Waals surface area contributed by atoms with Crippen molar-refractivity contribution in [2.75, 3.05) is 0 Å². The van der Waals surface area contributed by atoms with Gasteiger partial charge < -0.3 is 0 Å². The molecule has 0 saturated heterocycles. The van der Waals surface area contributed by atoms with Gasteiger partial charge in [-0.25, -0.2) is 0 Å². The molecular weight excluding hydrogens is 637 g/mol. The molecule has 0 radical (unpaired) electrons. The Bertz CT molecular complexity index is 2880. The van der Waals surface area contributed by atoms with Gasteiger partial charge in [-0.2, -0.15) is 0 Å². The molecule has 0 unspecified atom stereocenters. The van der Waals surface area contributed by atoms with Gasteiger partial charge in [-0.15, -0.1) is 0 Å². The molecule has 0 spiro atoms. The Balaban J connectivity index is 1.15.